The second kappa shape index (κ2) is 5.44. The zero-order chi connectivity index (χ0) is 14.8. The first-order chi connectivity index (χ1) is 10.2. The standard InChI is InChI=1S/C18H16O3/c1-3-17-16(8-9-21-17)18(19)14-5-4-13-11-15(20-2)7-6-12(13)10-14/h4-11H,3H2,1-2H3. The van der Waals surface area contributed by atoms with Gasteiger partial charge in [0.2, 0.25) is 0 Å². The highest BCUT2D eigenvalue weighted by molar-refractivity contribution is 6.11. The number of furan rings is 1. The Kier molecular flexibility index (Phi) is 3.48. The van der Waals surface area contributed by atoms with Gasteiger partial charge in [-0.05, 0) is 35.0 Å². The summed E-state index contributed by atoms with van der Waals surface area (Å²) >= 11 is 0. The molecule has 3 nitrogen and oxygen atoms in total. The van der Waals surface area contributed by atoms with Crippen LogP contribution >= 0.6 is 0 Å². The summed E-state index contributed by atoms with van der Waals surface area (Å²) in [5, 5.41) is 2.07. The van der Waals surface area contributed by atoms with E-state index < -0.39 is 0 Å². The third-order valence-electron chi connectivity index (χ3n) is 3.62. The third kappa shape index (κ3) is 2.42. The Balaban J connectivity index is 2.03. The molecule has 0 saturated carbocycles. The van der Waals surface area contributed by atoms with Gasteiger partial charge in [-0.15, -0.1) is 0 Å². The van der Waals surface area contributed by atoms with E-state index in [4.69, 9.17) is 9.15 Å². The molecule has 0 spiro atoms. The molecule has 0 bridgehead atoms. The van der Waals surface area contributed by atoms with Crippen LogP contribution in [0.5, 0.6) is 5.75 Å². The van der Waals surface area contributed by atoms with E-state index in [1.807, 2.05) is 43.3 Å². The number of hydrogen-bond donors (Lipinski definition) is 0. The van der Waals surface area contributed by atoms with E-state index in [0.29, 0.717) is 17.5 Å². The van der Waals surface area contributed by atoms with E-state index >= 15 is 0 Å². The quantitative estimate of drug-likeness (QED) is 0.671. The van der Waals surface area contributed by atoms with Crippen LogP contribution in [0.3, 0.4) is 0 Å². The van der Waals surface area contributed by atoms with Crippen molar-refractivity contribution in [3.63, 3.8) is 0 Å². The number of carbonyl (C=O) groups excluding carboxylic acids is 1. The molecular formula is C18H16O3. The molecule has 3 heteroatoms. The Morgan fingerprint density at radius 2 is 1.86 bits per heavy atom. The van der Waals surface area contributed by atoms with Crippen molar-refractivity contribution >= 4 is 16.6 Å². The summed E-state index contributed by atoms with van der Waals surface area (Å²) in [7, 11) is 1.64. The molecule has 0 aliphatic heterocycles. The fourth-order valence-corrected chi connectivity index (χ4v) is 2.46. The number of benzene rings is 2. The SMILES string of the molecule is CCc1occc1C(=O)c1ccc2cc(OC)ccc2c1. The minimum absolute atomic E-state index is 0.00156. The molecule has 0 unspecified atom stereocenters. The van der Waals surface area contributed by atoms with Crippen LogP contribution in [0.15, 0.2) is 53.1 Å². The van der Waals surface area contributed by atoms with Crippen LogP contribution < -0.4 is 4.74 Å². The fourth-order valence-electron chi connectivity index (χ4n) is 2.46. The van der Waals surface area contributed by atoms with E-state index in [0.717, 1.165) is 22.3 Å². The maximum Gasteiger partial charge on any atom is 0.196 e. The van der Waals surface area contributed by atoms with Crippen LogP contribution in [-0.4, -0.2) is 12.9 Å². The predicted molar refractivity (Wildman–Crippen MR) is 82.0 cm³/mol. The molecule has 0 aliphatic rings. The maximum atomic E-state index is 12.6. The van der Waals surface area contributed by atoms with Gasteiger partial charge in [-0.25, -0.2) is 0 Å². The Morgan fingerprint density at radius 3 is 2.62 bits per heavy atom. The zero-order valence-corrected chi connectivity index (χ0v) is 12.1. The van der Waals surface area contributed by atoms with Crippen molar-refractivity contribution in [1.82, 2.24) is 0 Å². The van der Waals surface area contributed by atoms with Crippen LogP contribution in [0.1, 0.15) is 28.6 Å². The van der Waals surface area contributed by atoms with Gasteiger partial charge in [0, 0.05) is 12.0 Å². The summed E-state index contributed by atoms with van der Waals surface area (Å²) in [5.41, 5.74) is 1.31. The molecular weight excluding hydrogens is 264 g/mol. The highest BCUT2D eigenvalue weighted by atomic mass is 16.5. The van der Waals surface area contributed by atoms with Crippen molar-refractivity contribution in [1.29, 1.82) is 0 Å². The number of hydrogen-bond acceptors (Lipinski definition) is 3. The van der Waals surface area contributed by atoms with Gasteiger partial charge in [-0.3, -0.25) is 4.79 Å². The van der Waals surface area contributed by atoms with Crippen molar-refractivity contribution < 1.29 is 13.9 Å². The smallest absolute Gasteiger partial charge is 0.196 e. The molecule has 0 saturated heterocycles. The van der Waals surface area contributed by atoms with Gasteiger partial charge in [0.25, 0.3) is 0 Å². The van der Waals surface area contributed by atoms with E-state index in [-0.39, 0.29) is 5.78 Å². The van der Waals surface area contributed by atoms with E-state index in [1.165, 1.54) is 0 Å². The highest BCUT2D eigenvalue weighted by Gasteiger charge is 2.15. The van der Waals surface area contributed by atoms with E-state index in [2.05, 4.69) is 0 Å². The monoisotopic (exact) mass is 280 g/mol. The first-order valence-electron chi connectivity index (χ1n) is 6.92. The summed E-state index contributed by atoms with van der Waals surface area (Å²) < 4.78 is 10.5. The molecule has 1 heterocycles. The number of carbonyl (C=O) groups is 1. The maximum absolute atomic E-state index is 12.6. The molecule has 0 N–H and O–H groups in total. The van der Waals surface area contributed by atoms with E-state index in [9.17, 15) is 4.79 Å². The molecule has 3 aromatic rings. The molecule has 106 valence electrons. The molecule has 3 rings (SSSR count). The van der Waals surface area contributed by atoms with Gasteiger partial charge in [0.1, 0.15) is 11.5 Å². The molecule has 0 aliphatic carbocycles. The van der Waals surface area contributed by atoms with Crippen LogP contribution in [0, 0.1) is 0 Å². The molecule has 0 radical (unpaired) electrons. The van der Waals surface area contributed by atoms with Crippen molar-refractivity contribution in [2.24, 2.45) is 0 Å². The fraction of sp³-hybridized carbons (Fsp3) is 0.167. The summed E-state index contributed by atoms with van der Waals surface area (Å²) in [6.45, 7) is 1.97. The van der Waals surface area contributed by atoms with Gasteiger partial charge in [-0.2, -0.15) is 0 Å². The number of ketones is 1. The number of rotatable bonds is 4. The number of fused-ring (bicyclic) bond motifs is 1. The predicted octanol–water partition coefficient (Wildman–Crippen LogP) is 4.23. The third-order valence-corrected chi connectivity index (χ3v) is 3.62. The van der Waals surface area contributed by atoms with Gasteiger partial charge in [0.05, 0.1) is 18.9 Å². The highest BCUT2D eigenvalue weighted by Crippen LogP contribution is 2.24. The van der Waals surface area contributed by atoms with Gasteiger partial charge in [0.15, 0.2) is 5.78 Å². The molecule has 0 fully saturated rings. The lowest BCUT2D eigenvalue weighted by Gasteiger charge is -2.05. The molecule has 2 aromatic carbocycles. The summed E-state index contributed by atoms with van der Waals surface area (Å²) in [4.78, 5) is 12.6. The first-order valence-corrected chi connectivity index (χ1v) is 6.92. The minimum Gasteiger partial charge on any atom is -0.497 e. The van der Waals surface area contributed by atoms with Crippen molar-refractivity contribution in [2.45, 2.75) is 13.3 Å². The zero-order valence-electron chi connectivity index (χ0n) is 12.1. The normalized spacial score (nSPS) is 10.8. The Hall–Kier alpha value is -2.55. The Bertz CT molecular complexity index is 799. The van der Waals surface area contributed by atoms with Crippen LogP contribution in [-0.2, 0) is 6.42 Å². The molecule has 21 heavy (non-hydrogen) atoms. The van der Waals surface area contributed by atoms with Crippen LogP contribution in [0.25, 0.3) is 10.8 Å². The van der Waals surface area contributed by atoms with Crippen molar-refractivity contribution in [3.05, 3.63) is 65.6 Å². The molecule has 1 aromatic heterocycles. The second-order valence-corrected chi connectivity index (χ2v) is 4.87. The number of ether oxygens (including phenoxy) is 1. The summed E-state index contributed by atoms with van der Waals surface area (Å²) in [6, 6.07) is 13.2. The Labute approximate surface area is 123 Å². The van der Waals surface area contributed by atoms with E-state index in [1.54, 1.807) is 19.4 Å². The lowest BCUT2D eigenvalue weighted by Crippen LogP contribution is -2.02. The van der Waals surface area contributed by atoms with Gasteiger partial charge < -0.3 is 9.15 Å². The summed E-state index contributed by atoms with van der Waals surface area (Å²) in [6.07, 6.45) is 2.27. The number of aryl methyl sites for hydroxylation is 1. The van der Waals surface area contributed by atoms with Gasteiger partial charge >= 0.3 is 0 Å². The lowest BCUT2D eigenvalue weighted by molar-refractivity contribution is 0.103. The van der Waals surface area contributed by atoms with Crippen LogP contribution in [0.4, 0.5) is 0 Å². The summed E-state index contributed by atoms with van der Waals surface area (Å²) in [5.74, 6) is 1.54. The molecule has 0 atom stereocenters. The molecule has 0 amide bonds. The number of methoxy groups -OCH3 is 1. The first kappa shape index (κ1) is 13.4. The average molecular weight is 280 g/mol. The second-order valence-electron chi connectivity index (χ2n) is 4.87. The van der Waals surface area contributed by atoms with Crippen molar-refractivity contribution in [2.75, 3.05) is 7.11 Å². The lowest BCUT2D eigenvalue weighted by atomic mass is 9.99. The topological polar surface area (TPSA) is 39.4 Å². The largest absolute Gasteiger partial charge is 0.497 e. The van der Waals surface area contributed by atoms with Gasteiger partial charge in [-0.1, -0.05) is 25.1 Å². The van der Waals surface area contributed by atoms with Crippen molar-refractivity contribution in [3.8, 4) is 5.75 Å². The average Bonchev–Trinajstić information content (AvgIpc) is 3.01. The van der Waals surface area contributed by atoms with Crippen LogP contribution in [0.2, 0.25) is 0 Å². The minimum atomic E-state index is -0.00156. The Morgan fingerprint density at radius 1 is 1.10 bits per heavy atom.